The number of rotatable bonds is 2. The fourth-order valence-corrected chi connectivity index (χ4v) is 4.00. The van der Waals surface area contributed by atoms with Gasteiger partial charge in [0, 0.05) is 25.6 Å². The molecule has 8 heteroatoms. The van der Waals surface area contributed by atoms with Gasteiger partial charge in [0.25, 0.3) is 0 Å². The molecule has 1 aromatic heterocycles. The predicted octanol–water partition coefficient (Wildman–Crippen LogP) is -0.667. The molecule has 0 unspecified atom stereocenters. The summed E-state index contributed by atoms with van der Waals surface area (Å²) in [6.45, 7) is 3.72. The molecule has 1 aromatic rings. The maximum Gasteiger partial charge on any atom is 0.244 e. The SMILES string of the molecule is Cc1cc(N)n(CC(=O)N2CC[C@@]34OCCN3C(=O)C[C@@H]24)n1. The van der Waals surface area contributed by atoms with E-state index in [0.717, 1.165) is 5.69 Å². The van der Waals surface area contributed by atoms with Gasteiger partial charge in [-0.3, -0.25) is 9.59 Å². The van der Waals surface area contributed by atoms with Crippen molar-refractivity contribution in [3.8, 4) is 0 Å². The molecule has 3 fully saturated rings. The fraction of sp³-hybridized carbons (Fsp3) is 0.643. The first kappa shape index (κ1) is 13.6. The van der Waals surface area contributed by atoms with Gasteiger partial charge in [-0.05, 0) is 6.92 Å². The lowest BCUT2D eigenvalue weighted by molar-refractivity contribution is -0.140. The van der Waals surface area contributed by atoms with E-state index in [9.17, 15) is 9.59 Å². The van der Waals surface area contributed by atoms with Gasteiger partial charge in [0.15, 0.2) is 5.72 Å². The van der Waals surface area contributed by atoms with Crippen molar-refractivity contribution in [3.05, 3.63) is 11.8 Å². The van der Waals surface area contributed by atoms with Crippen LogP contribution in [0.15, 0.2) is 6.07 Å². The summed E-state index contributed by atoms with van der Waals surface area (Å²) in [5, 5.41) is 4.22. The highest BCUT2D eigenvalue weighted by molar-refractivity contribution is 5.84. The van der Waals surface area contributed by atoms with Crippen molar-refractivity contribution in [2.75, 3.05) is 25.4 Å². The van der Waals surface area contributed by atoms with Gasteiger partial charge >= 0.3 is 0 Å². The molecular weight excluding hydrogens is 286 g/mol. The second kappa shape index (κ2) is 4.45. The number of hydrogen-bond donors (Lipinski definition) is 1. The molecule has 2 amide bonds. The number of carbonyl (C=O) groups is 2. The molecule has 1 spiro atoms. The van der Waals surface area contributed by atoms with Gasteiger partial charge in [-0.2, -0.15) is 5.10 Å². The number of likely N-dealkylation sites (tertiary alicyclic amines) is 1. The maximum absolute atomic E-state index is 12.6. The smallest absolute Gasteiger partial charge is 0.244 e. The first-order valence-electron chi connectivity index (χ1n) is 7.55. The number of aromatic nitrogens is 2. The molecule has 4 heterocycles. The summed E-state index contributed by atoms with van der Waals surface area (Å²) < 4.78 is 7.39. The lowest BCUT2D eigenvalue weighted by Crippen LogP contribution is -2.49. The van der Waals surface area contributed by atoms with Gasteiger partial charge in [-0.1, -0.05) is 0 Å². The van der Waals surface area contributed by atoms with Crippen molar-refractivity contribution < 1.29 is 14.3 Å². The molecule has 118 valence electrons. The number of anilines is 1. The number of carbonyl (C=O) groups excluding carboxylic acids is 2. The molecule has 0 aliphatic carbocycles. The van der Waals surface area contributed by atoms with Gasteiger partial charge in [0.2, 0.25) is 11.8 Å². The summed E-state index contributed by atoms with van der Waals surface area (Å²) in [5.74, 6) is 0.484. The lowest BCUT2D eigenvalue weighted by atomic mass is 10.1. The van der Waals surface area contributed by atoms with Crippen molar-refractivity contribution in [3.63, 3.8) is 0 Å². The quantitative estimate of drug-likeness (QED) is 0.782. The third-order valence-electron chi connectivity index (χ3n) is 4.94. The van der Waals surface area contributed by atoms with E-state index >= 15 is 0 Å². The maximum atomic E-state index is 12.6. The number of hydrogen-bond acceptors (Lipinski definition) is 5. The zero-order valence-electron chi connectivity index (χ0n) is 12.5. The van der Waals surface area contributed by atoms with E-state index in [2.05, 4.69) is 5.10 Å². The van der Waals surface area contributed by atoms with Crippen molar-refractivity contribution >= 4 is 17.6 Å². The molecule has 3 saturated heterocycles. The van der Waals surface area contributed by atoms with E-state index < -0.39 is 5.72 Å². The topological polar surface area (TPSA) is 93.7 Å². The van der Waals surface area contributed by atoms with Crippen LogP contribution < -0.4 is 5.73 Å². The molecule has 2 N–H and O–H groups in total. The Morgan fingerprint density at radius 1 is 1.55 bits per heavy atom. The molecule has 4 rings (SSSR count). The Balaban J connectivity index is 1.55. The molecule has 3 aliphatic heterocycles. The highest BCUT2D eigenvalue weighted by atomic mass is 16.5. The number of nitrogens with zero attached hydrogens (tertiary/aromatic N) is 4. The van der Waals surface area contributed by atoms with Crippen LogP contribution in [0, 0.1) is 6.92 Å². The molecule has 0 radical (unpaired) electrons. The first-order chi connectivity index (χ1) is 10.5. The summed E-state index contributed by atoms with van der Waals surface area (Å²) in [4.78, 5) is 28.3. The Bertz CT molecular complexity index is 657. The van der Waals surface area contributed by atoms with Gasteiger partial charge < -0.3 is 20.3 Å². The van der Waals surface area contributed by atoms with E-state index in [-0.39, 0.29) is 24.4 Å². The van der Waals surface area contributed by atoms with E-state index in [1.54, 1.807) is 15.9 Å². The Hall–Kier alpha value is -2.09. The highest BCUT2D eigenvalue weighted by Crippen LogP contribution is 2.45. The Morgan fingerprint density at radius 2 is 2.36 bits per heavy atom. The Kier molecular flexibility index (Phi) is 2.75. The van der Waals surface area contributed by atoms with Crippen LogP contribution in [0.4, 0.5) is 5.82 Å². The van der Waals surface area contributed by atoms with Crippen LogP contribution >= 0.6 is 0 Å². The van der Waals surface area contributed by atoms with Crippen LogP contribution in [-0.4, -0.2) is 62.9 Å². The molecule has 3 aliphatic rings. The van der Waals surface area contributed by atoms with Crippen LogP contribution in [-0.2, 0) is 20.9 Å². The van der Waals surface area contributed by atoms with Crippen LogP contribution in [0.3, 0.4) is 0 Å². The molecule has 0 saturated carbocycles. The minimum atomic E-state index is -0.585. The number of nitrogens with two attached hydrogens (primary N) is 1. The lowest BCUT2D eigenvalue weighted by Gasteiger charge is -2.31. The molecule has 8 nitrogen and oxygen atoms in total. The van der Waals surface area contributed by atoms with E-state index in [1.807, 2.05) is 6.92 Å². The van der Waals surface area contributed by atoms with E-state index in [0.29, 0.717) is 38.4 Å². The van der Waals surface area contributed by atoms with Crippen molar-refractivity contribution in [2.24, 2.45) is 0 Å². The minimum absolute atomic E-state index is 0.0678. The third-order valence-corrected chi connectivity index (χ3v) is 4.94. The second-order valence-electron chi connectivity index (χ2n) is 6.16. The van der Waals surface area contributed by atoms with Gasteiger partial charge in [-0.15, -0.1) is 0 Å². The number of nitrogen functional groups attached to an aromatic ring is 1. The normalized spacial score (nSPS) is 30.0. The van der Waals surface area contributed by atoms with E-state index in [4.69, 9.17) is 10.5 Å². The largest absolute Gasteiger partial charge is 0.384 e. The average molecular weight is 305 g/mol. The summed E-state index contributed by atoms with van der Waals surface area (Å²) in [5.41, 5.74) is 6.04. The molecule has 22 heavy (non-hydrogen) atoms. The van der Waals surface area contributed by atoms with Crippen molar-refractivity contribution in [2.45, 2.75) is 38.1 Å². The van der Waals surface area contributed by atoms with Crippen LogP contribution in [0.2, 0.25) is 0 Å². The Morgan fingerprint density at radius 3 is 3.09 bits per heavy atom. The molecule has 0 aromatic carbocycles. The highest BCUT2D eigenvalue weighted by Gasteiger charge is 2.62. The standard InChI is InChI=1S/C14H19N5O3/c1-9-6-11(15)19(16-9)8-13(21)17-3-2-14-10(17)7-12(20)18(14)4-5-22-14/h6,10H,2-5,7-8,15H2,1H3/t10-,14+/m1/s1. The fourth-order valence-electron chi connectivity index (χ4n) is 4.00. The van der Waals surface area contributed by atoms with Crippen LogP contribution in [0.1, 0.15) is 18.5 Å². The number of amides is 2. The zero-order chi connectivity index (χ0) is 15.5. The number of aryl methyl sites for hydroxylation is 1. The van der Waals surface area contributed by atoms with Gasteiger partial charge in [0.05, 0.1) is 24.8 Å². The minimum Gasteiger partial charge on any atom is -0.384 e. The summed E-state index contributed by atoms with van der Waals surface area (Å²) >= 11 is 0. The first-order valence-corrected chi connectivity index (χ1v) is 7.55. The zero-order valence-corrected chi connectivity index (χ0v) is 12.5. The third kappa shape index (κ3) is 1.70. The van der Waals surface area contributed by atoms with E-state index in [1.165, 1.54) is 4.68 Å². The average Bonchev–Trinajstić information content (AvgIpc) is 3.15. The van der Waals surface area contributed by atoms with Crippen molar-refractivity contribution in [1.82, 2.24) is 19.6 Å². The Labute approximate surface area is 127 Å². The summed E-state index contributed by atoms with van der Waals surface area (Å²) in [7, 11) is 0. The van der Waals surface area contributed by atoms with Crippen molar-refractivity contribution in [1.29, 1.82) is 0 Å². The molecule has 2 atom stereocenters. The van der Waals surface area contributed by atoms with Crippen LogP contribution in [0.25, 0.3) is 0 Å². The summed E-state index contributed by atoms with van der Waals surface area (Å²) in [6, 6.07) is 1.55. The second-order valence-corrected chi connectivity index (χ2v) is 6.16. The monoisotopic (exact) mass is 305 g/mol. The molecule has 0 bridgehead atoms. The summed E-state index contributed by atoms with van der Waals surface area (Å²) in [6.07, 6.45) is 1.03. The molecular formula is C14H19N5O3. The van der Waals surface area contributed by atoms with Crippen LogP contribution in [0.5, 0.6) is 0 Å². The van der Waals surface area contributed by atoms with Gasteiger partial charge in [-0.25, -0.2) is 4.68 Å². The number of ether oxygens (including phenoxy) is 1. The van der Waals surface area contributed by atoms with Gasteiger partial charge in [0.1, 0.15) is 12.4 Å². The predicted molar refractivity (Wildman–Crippen MR) is 76.5 cm³/mol.